The molecule has 0 aliphatic carbocycles. The molecule has 1 fully saturated rings. The summed E-state index contributed by atoms with van der Waals surface area (Å²) in [7, 11) is -1.71. The Hall–Kier alpha value is -2.68. The molecule has 0 bridgehead atoms. The predicted molar refractivity (Wildman–Crippen MR) is 109 cm³/mol. The number of hydrogen-bond donors (Lipinski definition) is 0. The fourth-order valence-corrected chi connectivity index (χ4v) is 5.06. The molecular formula is C21H21FN4O2S. The summed E-state index contributed by atoms with van der Waals surface area (Å²) in [5, 5.41) is 0. The van der Waals surface area contributed by atoms with Crippen molar-refractivity contribution in [2.24, 2.45) is 0 Å². The second kappa shape index (κ2) is 7.98. The maximum Gasteiger partial charge on any atom is 0.243 e. The Morgan fingerprint density at radius 3 is 2.41 bits per heavy atom. The van der Waals surface area contributed by atoms with Crippen molar-refractivity contribution in [1.29, 1.82) is 0 Å². The fraction of sp³-hybridized carbons (Fsp3) is 0.238. The lowest BCUT2D eigenvalue weighted by Gasteiger charge is -2.32. The van der Waals surface area contributed by atoms with Crippen molar-refractivity contribution in [3.63, 3.8) is 0 Å². The van der Waals surface area contributed by atoms with E-state index in [4.69, 9.17) is 0 Å². The minimum Gasteiger partial charge on any atom is -0.304 e. The van der Waals surface area contributed by atoms with Gasteiger partial charge in [0, 0.05) is 49.7 Å². The highest BCUT2D eigenvalue weighted by Gasteiger charge is 2.29. The van der Waals surface area contributed by atoms with Gasteiger partial charge in [0.2, 0.25) is 10.0 Å². The average molecular weight is 412 g/mol. The number of piperazine rings is 1. The molecule has 4 rings (SSSR count). The SMILES string of the molecule is CN1CCN(S(=O)(=O)c2ccccc2-c2ccc(-c3cnccn3)c(F)c2)CC1. The van der Waals surface area contributed by atoms with Crippen molar-refractivity contribution in [3.05, 3.63) is 66.9 Å². The summed E-state index contributed by atoms with van der Waals surface area (Å²) in [6.07, 6.45) is 4.51. The van der Waals surface area contributed by atoms with Crippen LogP contribution in [0, 0.1) is 5.82 Å². The normalized spacial score (nSPS) is 16.1. The van der Waals surface area contributed by atoms with Crippen molar-refractivity contribution in [1.82, 2.24) is 19.2 Å². The number of sulfonamides is 1. The first-order chi connectivity index (χ1) is 14.0. The van der Waals surface area contributed by atoms with E-state index in [1.165, 1.54) is 29.0 Å². The maximum absolute atomic E-state index is 14.8. The molecule has 1 aliphatic heterocycles. The van der Waals surface area contributed by atoms with Gasteiger partial charge in [-0.05, 0) is 30.8 Å². The van der Waals surface area contributed by atoms with E-state index in [0.717, 1.165) is 0 Å². The zero-order chi connectivity index (χ0) is 20.4. The van der Waals surface area contributed by atoms with Crippen LogP contribution in [0.15, 0.2) is 66.0 Å². The number of rotatable bonds is 4. The molecule has 8 heteroatoms. The van der Waals surface area contributed by atoms with Gasteiger partial charge in [-0.1, -0.05) is 24.3 Å². The molecule has 0 amide bonds. The van der Waals surface area contributed by atoms with Gasteiger partial charge in [-0.3, -0.25) is 9.97 Å². The molecule has 0 N–H and O–H groups in total. The summed E-state index contributed by atoms with van der Waals surface area (Å²) in [4.78, 5) is 10.4. The van der Waals surface area contributed by atoms with E-state index in [9.17, 15) is 12.8 Å². The Labute approximate surface area is 169 Å². The van der Waals surface area contributed by atoms with E-state index in [0.29, 0.717) is 48.6 Å². The van der Waals surface area contributed by atoms with Crippen LogP contribution in [-0.4, -0.2) is 60.8 Å². The molecule has 150 valence electrons. The van der Waals surface area contributed by atoms with Crippen LogP contribution in [0.4, 0.5) is 4.39 Å². The van der Waals surface area contributed by atoms with Crippen molar-refractivity contribution in [2.75, 3.05) is 33.2 Å². The molecule has 1 aromatic heterocycles. The molecule has 29 heavy (non-hydrogen) atoms. The van der Waals surface area contributed by atoms with Crippen molar-refractivity contribution in [2.45, 2.75) is 4.90 Å². The van der Waals surface area contributed by atoms with E-state index < -0.39 is 15.8 Å². The smallest absolute Gasteiger partial charge is 0.243 e. The molecule has 2 heterocycles. The summed E-state index contributed by atoms with van der Waals surface area (Å²) < 4.78 is 42.8. The molecule has 1 aliphatic rings. The highest BCUT2D eigenvalue weighted by Crippen LogP contribution is 2.32. The van der Waals surface area contributed by atoms with Crippen LogP contribution >= 0.6 is 0 Å². The minimum atomic E-state index is -3.68. The van der Waals surface area contributed by atoms with Crippen LogP contribution < -0.4 is 0 Å². The molecule has 0 spiro atoms. The molecule has 6 nitrogen and oxygen atoms in total. The van der Waals surface area contributed by atoms with Gasteiger partial charge in [0.25, 0.3) is 0 Å². The molecule has 0 radical (unpaired) electrons. The fourth-order valence-electron chi connectivity index (χ4n) is 3.43. The van der Waals surface area contributed by atoms with Gasteiger partial charge >= 0.3 is 0 Å². The Morgan fingerprint density at radius 1 is 0.966 bits per heavy atom. The topological polar surface area (TPSA) is 66.4 Å². The van der Waals surface area contributed by atoms with Gasteiger partial charge in [-0.15, -0.1) is 0 Å². The zero-order valence-electron chi connectivity index (χ0n) is 16.0. The zero-order valence-corrected chi connectivity index (χ0v) is 16.8. The van der Waals surface area contributed by atoms with E-state index in [-0.39, 0.29) is 4.90 Å². The molecule has 0 saturated carbocycles. The molecular weight excluding hydrogens is 391 g/mol. The Kier molecular flexibility index (Phi) is 5.40. The van der Waals surface area contributed by atoms with Crippen LogP contribution in [0.2, 0.25) is 0 Å². The van der Waals surface area contributed by atoms with Gasteiger partial charge in [0.1, 0.15) is 5.82 Å². The third kappa shape index (κ3) is 3.91. The van der Waals surface area contributed by atoms with Crippen LogP contribution in [0.5, 0.6) is 0 Å². The standard InChI is InChI=1S/C21H21FN4O2S/c1-25-10-12-26(13-11-25)29(27,28)21-5-3-2-4-17(21)16-6-7-18(19(22)14-16)20-15-23-8-9-24-20/h2-9,14-15H,10-13H2,1H3. The Morgan fingerprint density at radius 2 is 1.72 bits per heavy atom. The number of nitrogens with zero attached hydrogens (tertiary/aromatic N) is 4. The Balaban J connectivity index is 1.73. The van der Waals surface area contributed by atoms with E-state index >= 15 is 0 Å². The lowest BCUT2D eigenvalue weighted by molar-refractivity contribution is 0.222. The van der Waals surface area contributed by atoms with Gasteiger partial charge in [0.05, 0.1) is 16.8 Å². The first-order valence-electron chi connectivity index (χ1n) is 9.31. The molecule has 0 unspecified atom stereocenters. The second-order valence-electron chi connectivity index (χ2n) is 6.99. The van der Waals surface area contributed by atoms with Crippen LogP contribution in [0.3, 0.4) is 0 Å². The van der Waals surface area contributed by atoms with Crippen molar-refractivity contribution < 1.29 is 12.8 Å². The monoisotopic (exact) mass is 412 g/mol. The molecule has 2 aromatic carbocycles. The minimum absolute atomic E-state index is 0.191. The van der Waals surface area contributed by atoms with Gasteiger partial charge < -0.3 is 4.90 Å². The predicted octanol–water partition coefficient (Wildman–Crippen LogP) is 2.89. The summed E-state index contributed by atoms with van der Waals surface area (Å²) in [5.41, 5.74) is 1.73. The van der Waals surface area contributed by atoms with Gasteiger partial charge in [0.15, 0.2) is 0 Å². The molecule has 0 atom stereocenters. The first kappa shape index (κ1) is 19.6. The van der Waals surface area contributed by atoms with Gasteiger partial charge in [-0.2, -0.15) is 4.31 Å². The second-order valence-corrected chi connectivity index (χ2v) is 8.90. The van der Waals surface area contributed by atoms with E-state index in [1.54, 1.807) is 36.4 Å². The van der Waals surface area contributed by atoms with E-state index in [2.05, 4.69) is 14.9 Å². The van der Waals surface area contributed by atoms with Crippen LogP contribution in [0.25, 0.3) is 22.4 Å². The van der Waals surface area contributed by atoms with Crippen molar-refractivity contribution >= 4 is 10.0 Å². The first-order valence-corrected chi connectivity index (χ1v) is 10.7. The third-order valence-corrected chi connectivity index (χ3v) is 7.04. The lowest BCUT2D eigenvalue weighted by Crippen LogP contribution is -2.47. The summed E-state index contributed by atoms with van der Waals surface area (Å²) >= 11 is 0. The summed E-state index contributed by atoms with van der Waals surface area (Å²) in [6.45, 7) is 2.24. The Bertz CT molecular complexity index is 1110. The van der Waals surface area contributed by atoms with Gasteiger partial charge in [-0.25, -0.2) is 12.8 Å². The van der Waals surface area contributed by atoms with E-state index in [1.807, 2.05) is 7.05 Å². The largest absolute Gasteiger partial charge is 0.304 e. The number of likely N-dealkylation sites (N-methyl/N-ethyl adjacent to an activating group) is 1. The van der Waals surface area contributed by atoms with Crippen LogP contribution in [0.1, 0.15) is 0 Å². The molecule has 1 saturated heterocycles. The average Bonchev–Trinajstić information content (AvgIpc) is 2.74. The van der Waals surface area contributed by atoms with Crippen molar-refractivity contribution in [3.8, 4) is 22.4 Å². The highest BCUT2D eigenvalue weighted by atomic mass is 32.2. The highest BCUT2D eigenvalue weighted by molar-refractivity contribution is 7.89. The number of halogens is 1. The third-order valence-electron chi connectivity index (χ3n) is 5.09. The maximum atomic E-state index is 14.8. The summed E-state index contributed by atoms with van der Waals surface area (Å²) in [6, 6.07) is 11.4. The molecule has 3 aromatic rings. The lowest BCUT2D eigenvalue weighted by atomic mass is 10.0. The number of benzene rings is 2. The summed E-state index contributed by atoms with van der Waals surface area (Å²) in [5.74, 6) is -0.477. The number of hydrogen-bond acceptors (Lipinski definition) is 5. The quantitative estimate of drug-likeness (QED) is 0.659. The number of aromatic nitrogens is 2. The van der Waals surface area contributed by atoms with Crippen LogP contribution in [-0.2, 0) is 10.0 Å².